The molecule has 2 heterocycles. The Labute approximate surface area is 149 Å². The molecule has 1 aromatic heterocycles. The number of alkyl halides is 3. The molecule has 3 rings (SSSR count). The van der Waals surface area contributed by atoms with Crippen LogP contribution in [0.25, 0.3) is 0 Å². The van der Waals surface area contributed by atoms with Crippen LogP contribution in [0.4, 0.5) is 13.2 Å². The summed E-state index contributed by atoms with van der Waals surface area (Å²) >= 11 is 0. The van der Waals surface area contributed by atoms with Gasteiger partial charge in [-0.15, -0.1) is 0 Å². The van der Waals surface area contributed by atoms with Crippen molar-refractivity contribution in [1.29, 1.82) is 0 Å². The van der Waals surface area contributed by atoms with Crippen LogP contribution in [0.2, 0.25) is 0 Å². The van der Waals surface area contributed by atoms with Crippen molar-refractivity contribution in [3.8, 4) is 0 Å². The molecule has 0 bridgehead atoms. The lowest BCUT2D eigenvalue weighted by molar-refractivity contribution is -0.137. The number of amides is 1. The van der Waals surface area contributed by atoms with Crippen LogP contribution in [-0.2, 0) is 6.18 Å². The van der Waals surface area contributed by atoms with Crippen molar-refractivity contribution >= 4 is 5.91 Å². The lowest BCUT2D eigenvalue weighted by Gasteiger charge is -2.32. The number of piperidine rings is 1. The van der Waals surface area contributed by atoms with E-state index in [4.69, 9.17) is 0 Å². The zero-order chi connectivity index (χ0) is 18.6. The van der Waals surface area contributed by atoms with Crippen LogP contribution < -0.4 is 5.32 Å². The molecule has 2 N–H and O–H groups in total. The zero-order valence-electron chi connectivity index (χ0n) is 14.2. The van der Waals surface area contributed by atoms with Crippen molar-refractivity contribution in [3.63, 3.8) is 0 Å². The van der Waals surface area contributed by atoms with E-state index in [-0.39, 0.29) is 11.8 Å². The Morgan fingerprint density at radius 3 is 2.50 bits per heavy atom. The fourth-order valence-electron chi connectivity index (χ4n) is 3.24. The molecule has 0 atom stereocenters. The predicted octanol–water partition coefficient (Wildman–Crippen LogP) is 3.04. The fraction of sp³-hybridized carbons (Fsp3) is 0.444. The van der Waals surface area contributed by atoms with Gasteiger partial charge in [-0.05, 0) is 49.5 Å². The maximum Gasteiger partial charge on any atom is 0.416 e. The number of H-pyrrole nitrogens is 1. The summed E-state index contributed by atoms with van der Waals surface area (Å²) in [6, 6.07) is 5.50. The summed E-state index contributed by atoms with van der Waals surface area (Å²) in [7, 11) is 0. The minimum Gasteiger partial charge on any atom is -0.349 e. The molecule has 1 aromatic carbocycles. The first kappa shape index (κ1) is 18.4. The van der Waals surface area contributed by atoms with Crippen LogP contribution >= 0.6 is 0 Å². The molecular weight excluding hydrogens is 345 g/mol. The SMILES string of the molecule is O=C(NCCN1CCC(c2ccc(C(F)(F)F)cc2)CC1)c1cnc[nH]1. The summed E-state index contributed by atoms with van der Waals surface area (Å²) in [5.74, 6) is 0.107. The topological polar surface area (TPSA) is 61.0 Å². The summed E-state index contributed by atoms with van der Waals surface area (Å²) < 4.78 is 37.9. The second-order valence-electron chi connectivity index (χ2n) is 6.46. The second-order valence-corrected chi connectivity index (χ2v) is 6.46. The quantitative estimate of drug-likeness (QED) is 0.855. The van der Waals surface area contributed by atoms with E-state index in [2.05, 4.69) is 20.2 Å². The predicted molar refractivity (Wildman–Crippen MR) is 90.8 cm³/mol. The molecule has 1 fully saturated rings. The number of nitrogens with zero attached hydrogens (tertiary/aromatic N) is 2. The van der Waals surface area contributed by atoms with E-state index in [1.165, 1.54) is 12.5 Å². The number of benzene rings is 1. The van der Waals surface area contributed by atoms with Crippen molar-refractivity contribution < 1.29 is 18.0 Å². The molecule has 0 radical (unpaired) electrons. The number of aromatic amines is 1. The van der Waals surface area contributed by atoms with E-state index in [0.29, 0.717) is 12.2 Å². The Balaban J connectivity index is 1.42. The number of nitrogens with one attached hydrogen (secondary N) is 2. The molecule has 0 saturated carbocycles. The van der Waals surface area contributed by atoms with Crippen molar-refractivity contribution in [2.24, 2.45) is 0 Å². The average Bonchev–Trinajstić information content (AvgIpc) is 3.16. The molecule has 2 aromatic rings. The van der Waals surface area contributed by atoms with E-state index in [9.17, 15) is 18.0 Å². The molecule has 1 aliphatic rings. The van der Waals surface area contributed by atoms with Gasteiger partial charge < -0.3 is 15.2 Å². The lowest BCUT2D eigenvalue weighted by atomic mass is 9.89. The van der Waals surface area contributed by atoms with Gasteiger partial charge in [0.05, 0.1) is 18.1 Å². The molecule has 26 heavy (non-hydrogen) atoms. The van der Waals surface area contributed by atoms with Crippen LogP contribution in [0.5, 0.6) is 0 Å². The van der Waals surface area contributed by atoms with Crippen molar-refractivity contribution in [3.05, 3.63) is 53.6 Å². The Morgan fingerprint density at radius 1 is 1.23 bits per heavy atom. The van der Waals surface area contributed by atoms with Crippen molar-refractivity contribution in [2.45, 2.75) is 24.9 Å². The fourth-order valence-corrected chi connectivity index (χ4v) is 3.24. The summed E-state index contributed by atoms with van der Waals surface area (Å²) in [5, 5.41) is 2.84. The highest BCUT2D eigenvalue weighted by atomic mass is 19.4. The van der Waals surface area contributed by atoms with Gasteiger partial charge in [-0.3, -0.25) is 4.79 Å². The normalized spacial score (nSPS) is 16.6. The molecule has 1 aliphatic heterocycles. The van der Waals surface area contributed by atoms with E-state index >= 15 is 0 Å². The molecule has 140 valence electrons. The minimum atomic E-state index is -4.29. The van der Waals surface area contributed by atoms with Gasteiger partial charge in [0, 0.05) is 13.1 Å². The van der Waals surface area contributed by atoms with Crippen LogP contribution in [0, 0.1) is 0 Å². The van der Waals surface area contributed by atoms with Crippen molar-refractivity contribution in [1.82, 2.24) is 20.2 Å². The molecule has 0 unspecified atom stereocenters. The van der Waals surface area contributed by atoms with Crippen LogP contribution in [-0.4, -0.2) is 47.0 Å². The van der Waals surface area contributed by atoms with Gasteiger partial charge >= 0.3 is 6.18 Å². The Kier molecular flexibility index (Phi) is 5.61. The molecule has 8 heteroatoms. The molecule has 5 nitrogen and oxygen atoms in total. The largest absolute Gasteiger partial charge is 0.416 e. The maximum absolute atomic E-state index is 12.6. The third kappa shape index (κ3) is 4.63. The van der Waals surface area contributed by atoms with Crippen LogP contribution in [0.3, 0.4) is 0 Å². The Bertz CT molecular complexity index is 705. The van der Waals surface area contributed by atoms with Gasteiger partial charge in [0.25, 0.3) is 5.91 Å². The highest BCUT2D eigenvalue weighted by Gasteiger charge is 2.30. The van der Waals surface area contributed by atoms with Gasteiger partial charge in [0.1, 0.15) is 5.69 Å². The number of rotatable bonds is 5. The third-order valence-electron chi connectivity index (χ3n) is 4.75. The third-order valence-corrected chi connectivity index (χ3v) is 4.75. The van der Waals surface area contributed by atoms with E-state index in [1.54, 1.807) is 12.1 Å². The van der Waals surface area contributed by atoms with Crippen LogP contribution in [0.15, 0.2) is 36.8 Å². The molecule has 1 saturated heterocycles. The number of carbonyl (C=O) groups excluding carboxylic acids is 1. The summed E-state index contributed by atoms with van der Waals surface area (Å²) in [6.07, 6.45) is 0.452. The molecular formula is C18H21F3N4O. The number of halogens is 3. The number of carbonyl (C=O) groups is 1. The zero-order valence-corrected chi connectivity index (χ0v) is 14.2. The summed E-state index contributed by atoms with van der Waals surface area (Å²) in [4.78, 5) is 20.6. The molecule has 1 amide bonds. The summed E-state index contributed by atoms with van der Waals surface area (Å²) in [6.45, 7) is 3.03. The molecule has 0 aliphatic carbocycles. The first-order valence-corrected chi connectivity index (χ1v) is 8.59. The standard InChI is InChI=1S/C18H21F3N4O/c19-18(20,21)15-3-1-13(2-4-15)14-5-8-25(9-6-14)10-7-23-17(26)16-11-22-12-24-16/h1-4,11-12,14H,5-10H2,(H,22,24)(H,23,26). The summed E-state index contributed by atoms with van der Waals surface area (Å²) in [5.41, 5.74) is 0.794. The van der Waals surface area contributed by atoms with Gasteiger partial charge in [-0.2, -0.15) is 13.2 Å². The number of likely N-dealkylation sites (tertiary alicyclic amines) is 1. The first-order valence-electron chi connectivity index (χ1n) is 8.59. The smallest absolute Gasteiger partial charge is 0.349 e. The van der Waals surface area contributed by atoms with E-state index < -0.39 is 11.7 Å². The highest BCUT2D eigenvalue weighted by Crippen LogP contribution is 2.32. The number of hydrogen-bond acceptors (Lipinski definition) is 3. The van der Waals surface area contributed by atoms with Crippen LogP contribution in [0.1, 0.15) is 40.4 Å². The average molecular weight is 366 g/mol. The van der Waals surface area contributed by atoms with E-state index in [0.717, 1.165) is 50.2 Å². The molecule has 0 spiro atoms. The van der Waals surface area contributed by atoms with Gasteiger partial charge in [0.15, 0.2) is 0 Å². The number of aromatic nitrogens is 2. The van der Waals surface area contributed by atoms with Gasteiger partial charge in [0.2, 0.25) is 0 Å². The van der Waals surface area contributed by atoms with Crippen molar-refractivity contribution in [2.75, 3.05) is 26.2 Å². The minimum absolute atomic E-state index is 0.179. The Morgan fingerprint density at radius 2 is 1.92 bits per heavy atom. The van der Waals surface area contributed by atoms with Gasteiger partial charge in [-0.1, -0.05) is 12.1 Å². The Hall–Kier alpha value is -2.35. The second kappa shape index (κ2) is 7.90. The number of imidazole rings is 1. The number of hydrogen-bond donors (Lipinski definition) is 2. The highest BCUT2D eigenvalue weighted by molar-refractivity contribution is 5.91. The first-order chi connectivity index (χ1) is 12.4. The van der Waals surface area contributed by atoms with E-state index in [1.807, 2.05) is 0 Å². The maximum atomic E-state index is 12.6. The van der Waals surface area contributed by atoms with Gasteiger partial charge in [-0.25, -0.2) is 4.98 Å². The lowest BCUT2D eigenvalue weighted by Crippen LogP contribution is -2.39. The monoisotopic (exact) mass is 366 g/mol.